The molecule has 1 rings (SSSR count). The van der Waals surface area contributed by atoms with Crippen LogP contribution in [-0.4, -0.2) is 6.29 Å². The van der Waals surface area contributed by atoms with Crippen LogP contribution in [0.3, 0.4) is 0 Å². The lowest BCUT2D eigenvalue weighted by Crippen LogP contribution is -2.19. The van der Waals surface area contributed by atoms with Crippen molar-refractivity contribution in [1.82, 2.24) is 0 Å². The van der Waals surface area contributed by atoms with E-state index in [0.29, 0.717) is 0 Å². The molecule has 0 amide bonds. The maximum Gasteiger partial charge on any atom is 0.145 e. The molecule has 0 aliphatic carbocycles. The highest BCUT2D eigenvalue weighted by molar-refractivity contribution is 5.72. The summed E-state index contributed by atoms with van der Waals surface area (Å²) in [5.74, 6) is 0. The van der Waals surface area contributed by atoms with Gasteiger partial charge in [-0.2, -0.15) is 0 Å². The van der Waals surface area contributed by atoms with Crippen LogP contribution >= 0.6 is 0 Å². The molecular formula is C19H26O. The van der Waals surface area contributed by atoms with E-state index >= 15 is 0 Å². The molecule has 1 heteroatoms. The monoisotopic (exact) mass is 270 g/mol. The molecule has 1 unspecified atom stereocenters. The van der Waals surface area contributed by atoms with Crippen LogP contribution < -0.4 is 0 Å². The average molecular weight is 270 g/mol. The molecule has 1 aromatic rings. The van der Waals surface area contributed by atoms with Crippen LogP contribution in [0.2, 0.25) is 0 Å². The summed E-state index contributed by atoms with van der Waals surface area (Å²) in [6.07, 6.45) is 6.17. The van der Waals surface area contributed by atoms with Crippen molar-refractivity contribution in [3.05, 3.63) is 58.2 Å². The van der Waals surface area contributed by atoms with Crippen LogP contribution in [0.4, 0.5) is 0 Å². The van der Waals surface area contributed by atoms with Crippen molar-refractivity contribution in [3.63, 3.8) is 0 Å². The van der Waals surface area contributed by atoms with E-state index in [1.54, 1.807) is 0 Å². The summed E-state index contributed by atoms with van der Waals surface area (Å²) >= 11 is 0. The zero-order valence-corrected chi connectivity index (χ0v) is 13.6. The molecule has 1 aromatic carbocycles. The Kier molecular flexibility index (Phi) is 5.50. The van der Waals surface area contributed by atoms with Crippen molar-refractivity contribution in [2.45, 2.75) is 53.4 Å². The number of allylic oxidation sites excluding steroid dienone is 4. The maximum atomic E-state index is 11.0. The first-order valence-corrected chi connectivity index (χ1v) is 7.13. The third kappa shape index (κ3) is 4.48. The number of aryl methyl sites for hydroxylation is 2. The maximum absolute atomic E-state index is 11.0. The average Bonchev–Trinajstić information content (AvgIpc) is 2.35. The highest BCUT2D eigenvalue weighted by atomic mass is 16.1. The zero-order valence-electron chi connectivity index (χ0n) is 13.6. The van der Waals surface area contributed by atoms with E-state index < -0.39 is 0 Å². The van der Waals surface area contributed by atoms with E-state index in [2.05, 4.69) is 65.0 Å². The van der Waals surface area contributed by atoms with Crippen LogP contribution in [0, 0.1) is 13.8 Å². The third-order valence-corrected chi connectivity index (χ3v) is 3.55. The van der Waals surface area contributed by atoms with Gasteiger partial charge < -0.3 is 0 Å². The fourth-order valence-corrected chi connectivity index (χ4v) is 2.52. The van der Waals surface area contributed by atoms with Gasteiger partial charge in [0.2, 0.25) is 0 Å². The van der Waals surface area contributed by atoms with E-state index in [9.17, 15) is 4.79 Å². The molecule has 1 atom stereocenters. The molecule has 0 fully saturated rings. The van der Waals surface area contributed by atoms with Gasteiger partial charge in [-0.05, 0) is 52.2 Å². The molecule has 0 aliphatic heterocycles. The van der Waals surface area contributed by atoms with Gasteiger partial charge in [0.25, 0.3) is 0 Å². The van der Waals surface area contributed by atoms with E-state index in [1.165, 1.54) is 22.3 Å². The Morgan fingerprint density at radius 2 is 1.65 bits per heavy atom. The summed E-state index contributed by atoms with van der Waals surface area (Å²) in [5, 5.41) is 0. The SMILES string of the molecule is CC(C)=CCC(C)(/C=C(\C)C=O)c1cc(C)cc(C)c1. The number of hydrogen-bond acceptors (Lipinski definition) is 1. The number of benzene rings is 1. The van der Waals surface area contributed by atoms with Gasteiger partial charge in [0, 0.05) is 5.41 Å². The highest BCUT2D eigenvalue weighted by Gasteiger charge is 2.23. The van der Waals surface area contributed by atoms with E-state index in [-0.39, 0.29) is 5.41 Å². The topological polar surface area (TPSA) is 17.1 Å². The van der Waals surface area contributed by atoms with Crippen molar-refractivity contribution in [2.24, 2.45) is 0 Å². The lowest BCUT2D eigenvalue weighted by atomic mass is 9.77. The smallest absolute Gasteiger partial charge is 0.145 e. The van der Waals surface area contributed by atoms with Crippen molar-refractivity contribution in [2.75, 3.05) is 0 Å². The minimum absolute atomic E-state index is 0.140. The Morgan fingerprint density at radius 1 is 1.10 bits per heavy atom. The van der Waals surface area contributed by atoms with Crippen molar-refractivity contribution in [3.8, 4) is 0 Å². The first-order chi connectivity index (χ1) is 9.26. The molecule has 0 heterocycles. The second-order valence-electron chi connectivity index (χ2n) is 6.29. The molecule has 0 bridgehead atoms. The fraction of sp³-hybridized carbons (Fsp3) is 0.421. The van der Waals surface area contributed by atoms with Gasteiger partial charge in [-0.1, -0.05) is 54.0 Å². The molecule has 0 spiro atoms. The highest BCUT2D eigenvalue weighted by Crippen LogP contribution is 2.32. The van der Waals surface area contributed by atoms with Gasteiger partial charge in [-0.3, -0.25) is 4.79 Å². The lowest BCUT2D eigenvalue weighted by molar-refractivity contribution is -0.104. The summed E-state index contributed by atoms with van der Waals surface area (Å²) in [5.41, 5.74) is 5.75. The van der Waals surface area contributed by atoms with Gasteiger partial charge in [0.05, 0.1) is 0 Å². The lowest BCUT2D eigenvalue weighted by Gasteiger charge is -2.27. The van der Waals surface area contributed by atoms with E-state index in [1.807, 2.05) is 6.92 Å². The Labute approximate surface area is 123 Å². The number of aldehydes is 1. The Bertz CT molecular complexity index is 525. The predicted octanol–water partition coefficient (Wildman–Crippen LogP) is 5.06. The van der Waals surface area contributed by atoms with Gasteiger partial charge in [-0.15, -0.1) is 0 Å². The molecule has 0 radical (unpaired) electrons. The van der Waals surface area contributed by atoms with E-state index in [4.69, 9.17) is 0 Å². The normalized spacial score (nSPS) is 14.6. The van der Waals surface area contributed by atoms with Crippen molar-refractivity contribution in [1.29, 1.82) is 0 Å². The molecule has 1 nitrogen and oxygen atoms in total. The third-order valence-electron chi connectivity index (χ3n) is 3.55. The largest absolute Gasteiger partial charge is 0.298 e. The van der Waals surface area contributed by atoms with Crippen LogP contribution in [0.1, 0.15) is 50.8 Å². The fourth-order valence-electron chi connectivity index (χ4n) is 2.52. The molecule has 0 aliphatic rings. The number of carbonyl (C=O) groups is 1. The Hall–Kier alpha value is -1.63. The second-order valence-corrected chi connectivity index (χ2v) is 6.29. The molecule has 0 aromatic heterocycles. The van der Waals surface area contributed by atoms with Gasteiger partial charge >= 0.3 is 0 Å². The predicted molar refractivity (Wildman–Crippen MR) is 87.1 cm³/mol. The first kappa shape index (κ1) is 16.4. The quantitative estimate of drug-likeness (QED) is 0.415. The summed E-state index contributed by atoms with van der Waals surface area (Å²) in [4.78, 5) is 11.0. The summed E-state index contributed by atoms with van der Waals surface area (Å²) in [6, 6.07) is 6.63. The molecule has 0 saturated heterocycles. The van der Waals surface area contributed by atoms with Gasteiger partial charge in [-0.25, -0.2) is 0 Å². The van der Waals surface area contributed by atoms with Crippen LogP contribution in [0.25, 0.3) is 0 Å². The summed E-state index contributed by atoms with van der Waals surface area (Å²) in [7, 11) is 0. The second kappa shape index (κ2) is 6.69. The van der Waals surface area contributed by atoms with Gasteiger partial charge in [0.15, 0.2) is 0 Å². The van der Waals surface area contributed by atoms with Crippen molar-refractivity contribution < 1.29 is 4.79 Å². The molecule has 0 saturated carbocycles. The van der Waals surface area contributed by atoms with Gasteiger partial charge in [0.1, 0.15) is 6.29 Å². The summed E-state index contributed by atoms with van der Waals surface area (Å²) in [6.45, 7) is 12.5. The molecule has 108 valence electrons. The number of hydrogen-bond donors (Lipinski definition) is 0. The Morgan fingerprint density at radius 3 is 2.10 bits per heavy atom. The number of rotatable bonds is 5. The zero-order chi connectivity index (χ0) is 15.3. The minimum Gasteiger partial charge on any atom is -0.298 e. The minimum atomic E-state index is -0.140. The van der Waals surface area contributed by atoms with Crippen LogP contribution in [0.5, 0.6) is 0 Å². The summed E-state index contributed by atoms with van der Waals surface area (Å²) < 4.78 is 0. The van der Waals surface area contributed by atoms with Crippen LogP contribution in [0.15, 0.2) is 41.5 Å². The standard InChI is InChI=1S/C19H26O/c1-14(2)7-8-19(6,12-17(5)13-20)18-10-15(3)9-16(4)11-18/h7,9-13H,8H2,1-6H3/b17-12+. The first-order valence-electron chi connectivity index (χ1n) is 7.13. The number of carbonyl (C=O) groups excluding carboxylic acids is 1. The van der Waals surface area contributed by atoms with Crippen molar-refractivity contribution >= 4 is 6.29 Å². The van der Waals surface area contributed by atoms with Crippen LogP contribution in [-0.2, 0) is 10.2 Å². The van der Waals surface area contributed by atoms with E-state index in [0.717, 1.165) is 18.3 Å². The Balaban J connectivity index is 3.35. The molecule has 20 heavy (non-hydrogen) atoms. The molecule has 0 N–H and O–H groups in total. The molecular weight excluding hydrogens is 244 g/mol.